The molecule has 6 aromatic rings. The number of nitrogens with zero attached hydrogens (tertiary/aromatic N) is 1. The molecule has 0 bridgehead atoms. The van der Waals surface area contributed by atoms with Crippen molar-refractivity contribution in [1.29, 1.82) is 0 Å². The molecule has 34 heavy (non-hydrogen) atoms. The van der Waals surface area contributed by atoms with Crippen LogP contribution in [0.2, 0.25) is 0 Å². The van der Waals surface area contributed by atoms with Crippen molar-refractivity contribution in [3.05, 3.63) is 126 Å². The lowest BCUT2D eigenvalue weighted by molar-refractivity contribution is 1.12. The molecule has 0 radical (unpaired) electrons. The Morgan fingerprint density at radius 2 is 1.29 bits per heavy atom. The van der Waals surface area contributed by atoms with Crippen LogP contribution in [0.25, 0.3) is 49.7 Å². The van der Waals surface area contributed by atoms with Crippen LogP contribution in [0.15, 0.2) is 109 Å². The van der Waals surface area contributed by atoms with Gasteiger partial charge in [0.2, 0.25) is 0 Å². The van der Waals surface area contributed by atoms with Gasteiger partial charge in [-0.2, -0.15) is 0 Å². The number of benzene rings is 5. The van der Waals surface area contributed by atoms with E-state index in [9.17, 15) is 0 Å². The molecule has 162 valence electrons. The zero-order valence-electron chi connectivity index (χ0n) is 19.3. The van der Waals surface area contributed by atoms with Gasteiger partial charge < -0.3 is 4.57 Å². The molecule has 0 fully saturated rings. The van der Waals surface area contributed by atoms with Crippen molar-refractivity contribution in [3.63, 3.8) is 0 Å². The first-order valence-corrected chi connectivity index (χ1v) is 12.1. The molecule has 0 aliphatic heterocycles. The second kappa shape index (κ2) is 7.46. The van der Waals surface area contributed by atoms with Crippen LogP contribution in [0, 0.1) is 0 Å². The Kier molecular flexibility index (Phi) is 4.25. The maximum absolute atomic E-state index is 2.40. The van der Waals surface area contributed by atoms with Gasteiger partial charge in [0.1, 0.15) is 0 Å². The average molecular weight is 436 g/mol. The van der Waals surface area contributed by atoms with E-state index in [1.807, 2.05) is 0 Å². The van der Waals surface area contributed by atoms with Gasteiger partial charge in [-0.05, 0) is 88.2 Å². The van der Waals surface area contributed by atoms with Gasteiger partial charge in [0.15, 0.2) is 0 Å². The predicted octanol–water partition coefficient (Wildman–Crippen LogP) is 8.58. The Balaban J connectivity index is 1.41. The van der Waals surface area contributed by atoms with Gasteiger partial charge in [0, 0.05) is 16.5 Å². The van der Waals surface area contributed by atoms with E-state index < -0.39 is 0 Å². The number of aromatic nitrogens is 1. The second-order valence-electron chi connectivity index (χ2n) is 9.31. The van der Waals surface area contributed by atoms with E-state index in [0.717, 1.165) is 12.8 Å². The Labute approximate surface area is 199 Å². The first-order chi connectivity index (χ1) is 16.8. The number of fused-ring (bicyclic) bond motifs is 6. The van der Waals surface area contributed by atoms with E-state index in [4.69, 9.17) is 0 Å². The molecule has 0 saturated carbocycles. The molecular formula is C33H25N. The molecule has 5 aromatic carbocycles. The van der Waals surface area contributed by atoms with Crippen molar-refractivity contribution < 1.29 is 0 Å². The third kappa shape index (κ3) is 2.87. The molecule has 1 aliphatic carbocycles. The topological polar surface area (TPSA) is 4.93 Å². The quantitative estimate of drug-likeness (QED) is 0.262. The van der Waals surface area contributed by atoms with Crippen molar-refractivity contribution in [2.75, 3.05) is 0 Å². The highest BCUT2D eigenvalue weighted by Crippen LogP contribution is 2.40. The van der Waals surface area contributed by atoms with Crippen molar-refractivity contribution in [1.82, 2.24) is 4.57 Å². The normalized spacial score (nSPS) is 12.3. The summed E-state index contributed by atoms with van der Waals surface area (Å²) in [6, 6.07) is 40.5. The van der Waals surface area contributed by atoms with Crippen molar-refractivity contribution in [2.45, 2.75) is 19.8 Å². The van der Waals surface area contributed by atoms with Gasteiger partial charge in [0.25, 0.3) is 0 Å². The molecule has 0 unspecified atom stereocenters. The van der Waals surface area contributed by atoms with Gasteiger partial charge in [-0.1, -0.05) is 79.7 Å². The summed E-state index contributed by atoms with van der Waals surface area (Å²) < 4.78 is 2.40. The van der Waals surface area contributed by atoms with Crippen molar-refractivity contribution in [2.24, 2.45) is 0 Å². The number of hydrogen-bond acceptors (Lipinski definition) is 0. The Hall–Kier alpha value is -4.10. The standard InChI is InChI=1S/C33H25N/c1-2-22-11-16-27(17-12-22)34-32-10-6-5-9-29(32)31-21-24(15-18-33(31)34)23-13-14-26-19-25-7-3-4-8-28(25)30(26)20-23/h3-18,20-21H,2,19H2,1H3. The fourth-order valence-corrected chi connectivity index (χ4v) is 5.61. The lowest BCUT2D eigenvalue weighted by Crippen LogP contribution is -1.94. The number of rotatable bonds is 3. The lowest BCUT2D eigenvalue weighted by Gasteiger charge is -2.10. The van der Waals surface area contributed by atoms with Gasteiger partial charge in [-0.15, -0.1) is 0 Å². The largest absolute Gasteiger partial charge is 0.309 e. The number of hydrogen-bond donors (Lipinski definition) is 0. The highest BCUT2D eigenvalue weighted by molar-refractivity contribution is 6.10. The van der Waals surface area contributed by atoms with Crippen molar-refractivity contribution in [3.8, 4) is 27.9 Å². The van der Waals surface area contributed by atoms with Gasteiger partial charge >= 0.3 is 0 Å². The molecule has 1 aliphatic rings. The zero-order chi connectivity index (χ0) is 22.6. The van der Waals surface area contributed by atoms with Gasteiger partial charge in [0.05, 0.1) is 11.0 Å². The highest BCUT2D eigenvalue weighted by Gasteiger charge is 2.19. The van der Waals surface area contributed by atoms with E-state index in [0.29, 0.717) is 0 Å². The molecule has 0 atom stereocenters. The minimum Gasteiger partial charge on any atom is -0.309 e. The Bertz CT molecular complexity index is 1700. The number of para-hydroxylation sites is 1. The second-order valence-corrected chi connectivity index (χ2v) is 9.31. The fraction of sp³-hybridized carbons (Fsp3) is 0.0909. The summed E-state index contributed by atoms with van der Waals surface area (Å²) >= 11 is 0. The summed E-state index contributed by atoms with van der Waals surface area (Å²) in [5.41, 5.74) is 13.3. The molecule has 0 N–H and O–H groups in total. The summed E-state index contributed by atoms with van der Waals surface area (Å²) in [4.78, 5) is 0. The van der Waals surface area contributed by atoms with Crippen LogP contribution in [0.4, 0.5) is 0 Å². The summed E-state index contributed by atoms with van der Waals surface area (Å²) in [6.07, 6.45) is 2.09. The first kappa shape index (κ1) is 19.4. The Morgan fingerprint density at radius 1 is 0.588 bits per heavy atom. The predicted molar refractivity (Wildman–Crippen MR) is 144 cm³/mol. The molecule has 0 spiro atoms. The van der Waals surface area contributed by atoms with E-state index in [1.165, 1.54) is 66.4 Å². The van der Waals surface area contributed by atoms with Crippen LogP contribution in [0.5, 0.6) is 0 Å². The summed E-state index contributed by atoms with van der Waals surface area (Å²) in [5, 5.41) is 2.60. The zero-order valence-corrected chi connectivity index (χ0v) is 19.3. The monoisotopic (exact) mass is 435 g/mol. The first-order valence-electron chi connectivity index (χ1n) is 12.1. The molecule has 7 rings (SSSR count). The molecule has 1 nitrogen and oxygen atoms in total. The van der Waals surface area contributed by atoms with Crippen LogP contribution in [-0.2, 0) is 12.8 Å². The Morgan fingerprint density at radius 3 is 2.18 bits per heavy atom. The third-order valence-electron chi connectivity index (χ3n) is 7.41. The minimum atomic E-state index is 1.04. The van der Waals surface area contributed by atoms with E-state index in [1.54, 1.807) is 0 Å². The fourth-order valence-electron chi connectivity index (χ4n) is 5.61. The average Bonchev–Trinajstić information content (AvgIpc) is 3.43. The van der Waals surface area contributed by atoms with Crippen LogP contribution >= 0.6 is 0 Å². The smallest absolute Gasteiger partial charge is 0.0541 e. The van der Waals surface area contributed by atoms with Crippen LogP contribution in [0.1, 0.15) is 23.6 Å². The molecule has 1 aromatic heterocycles. The highest BCUT2D eigenvalue weighted by atomic mass is 15.0. The minimum absolute atomic E-state index is 1.04. The summed E-state index contributed by atoms with van der Waals surface area (Å²) in [7, 11) is 0. The molecule has 0 saturated heterocycles. The third-order valence-corrected chi connectivity index (χ3v) is 7.41. The van der Waals surface area contributed by atoms with Crippen LogP contribution in [0.3, 0.4) is 0 Å². The SMILES string of the molecule is CCc1ccc(-n2c3ccccc3c3cc(-c4ccc5c(c4)-c4ccccc4C5)ccc32)cc1. The molecule has 1 heterocycles. The maximum Gasteiger partial charge on any atom is 0.0541 e. The van der Waals surface area contributed by atoms with Crippen LogP contribution < -0.4 is 0 Å². The van der Waals surface area contributed by atoms with E-state index >= 15 is 0 Å². The van der Waals surface area contributed by atoms with E-state index in [2.05, 4.69) is 121 Å². The maximum atomic E-state index is 2.40. The van der Waals surface area contributed by atoms with Gasteiger partial charge in [-0.3, -0.25) is 0 Å². The number of aryl methyl sites for hydroxylation is 1. The molecule has 0 amide bonds. The molecule has 1 heteroatoms. The molecular weight excluding hydrogens is 410 g/mol. The van der Waals surface area contributed by atoms with Crippen LogP contribution in [-0.4, -0.2) is 4.57 Å². The van der Waals surface area contributed by atoms with E-state index in [-0.39, 0.29) is 0 Å². The summed E-state index contributed by atoms with van der Waals surface area (Å²) in [5.74, 6) is 0. The summed E-state index contributed by atoms with van der Waals surface area (Å²) in [6.45, 7) is 2.20. The van der Waals surface area contributed by atoms with Gasteiger partial charge in [-0.25, -0.2) is 0 Å². The van der Waals surface area contributed by atoms with Crippen molar-refractivity contribution >= 4 is 21.8 Å². The lowest BCUT2D eigenvalue weighted by atomic mass is 9.97.